The summed E-state index contributed by atoms with van der Waals surface area (Å²) in [6, 6.07) is 5.79. The number of piperidine rings is 1. The van der Waals surface area contributed by atoms with Crippen molar-refractivity contribution >= 4 is 23.4 Å². The molecule has 1 aliphatic rings. The molecule has 2 N–H and O–H groups in total. The molecule has 0 aliphatic carbocycles. The summed E-state index contributed by atoms with van der Waals surface area (Å²) in [5.41, 5.74) is 0.761. The van der Waals surface area contributed by atoms with E-state index in [-0.39, 0.29) is 12.5 Å². The van der Waals surface area contributed by atoms with E-state index in [0.717, 1.165) is 6.08 Å². The fraction of sp³-hybridized carbons (Fsp3) is 0.389. The molecule has 0 radical (unpaired) electrons. The van der Waals surface area contributed by atoms with E-state index in [0.29, 0.717) is 30.6 Å². The lowest BCUT2D eigenvalue weighted by atomic mass is 10.0. The highest BCUT2D eigenvalue weighted by molar-refractivity contribution is 6.00. The Labute approximate surface area is 154 Å². The normalized spacial score (nSPS) is 17.1. The Balaban J connectivity index is 2.00. The number of hydrogen-bond donors (Lipinski definition) is 2. The highest BCUT2D eigenvalue weighted by Gasteiger charge is 2.33. The van der Waals surface area contributed by atoms with Crippen LogP contribution in [0, 0.1) is 0 Å². The lowest BCUT2D eigenvalue weighted by Gasteiger charge is -2.33. The standard InChI is InChI=1S/C18H20F3N3O3/c1-2-15(25)22-13-6-3-5-12(9-13)17(27)24-8-4-7-14(11-24)23-16(26)10-18(19,20)21/h2-3,5-6,9,14H,1,4,7-8,10-11H2,(H,22,25)(H,23,26)/t14-/m0/s1. The third-order valence-electron chi connectivity index (χ3n) is 4.00. The van der Waals surface area contributed by atoms with E-state index in [4.69, 9.17) is 0 Å². The summed E-state index contributed by atoms with van der Waals surface area (Å²) >= 11 is 0. The van der Waals surface area contributed by atoms with Crippen molar-refractivity contribution in [3.05, 3.63) is 42.5 Å². The van der Waals surface area contributed by atoms with Gasteiger partial charge >= 0.3 is 6.18 Å². The predicted octanol–water partition coefficient (Wildman–Crippen LogP) is 2.48. The molecule has 27 heavy (non-hydrogen) atoms. The highest BCUT2D eigenvalue weighted by Crippen LogP contribution is 2.20. The van der Waals surface area contributed by atoms with Crippen LogP contribution in [-0.2, 0) is 9.59 Å². The van der Waals surface area contributed by atoms with Crippen LogP contribution in [0.25, 0.3) is 0 Å². The SMILES string of the molecule is C=CC(=O)Nc1cccc(C(=O)N2CCC[C@H](NC(=O)CC(F)(F)F)C2)c1. The molecule has 1 aromatic carbocycles. The number of nitrogens with zero attached hydrogens (tertiary/aromatic N) is 1. The molecule has 6 nitrogen and oxygen atoms in total. The number of rotatable bonds is 5. The first-order valence-corrected chi connectivity index (χ1v) is 8.37. The average Bonchev–Trinajstić information content (AvgIpc) is 2.59. The number of anilines is 1. The molecule has 1 aromatic rings. The summed E-state index contributed by atoms with van der Waals surface area (Å²) in [7, 11) is 0. The topological polar surface area (TPSA) is 78.5 Å². The molecule has 3 amide bonds. The van der Waals surface area contributed by atoms with Crippen molar-refractivity contribution in [1.82, 2.24) is 10.2 Å². The predicted molar refractivity (Wildman–Crippen MR) is 93.0 cm³/mol. The van der Waals surface area contributed by atoms with Gasteiger partial charge in [-0.2, -0.15) is 13.2 Å². The van der Waals surface area contributed by atoms with Crippen LogP contribution >= 0.6 is 0 Å². The zero-order valence-electron chi connectivity index (χ0n) is 14.5. The summed E-state index contributed by atoms with van der Waals surface area (Å²) in [6.45, 7) is 3.92. The Morgan fingerprint density at radius 2 is 2.04 bits per heavy atom. The first-order valence-electron chi connectivity index (χ1n) is 8.37. The van der Waals surface area contributed by atoms with E-state index >= 15 is 0 Å². The number of amides is 3. The Morgan fingerprint density at radius 3 is 2.70 bits per heavy atom. The first-order chi connectivity index (χ1) is 12.7. The van der Waals surface area contributed by atoms with Gasteiger partial charge in [-0.25, -0.2) is 0 Å². The van der Waals surface area contributed by atoms with Crippen LogP contribution in [0.4, 0.5) is 18.9 Å². The van der Waals surface area contributed by atoms with Crippen molar-refractivity contribution in [1.29, 1.82) is 0 Å². The molecule has 0 unspecified atom stereocenters. The highest BCUT2D eigenvalue weighted by atomic mass is 19.4. The van der Waals surface area contributed by atoms with Crippen molar-refractivity contribution in [3.63, 3.8) is 0 Å². The summed E-state index contributed by atoms with van der Waals surface area (Å²) in [4.78, 5) is 37.0. The van der Waals surface area contributed by atoms with Gasteiger partial charge in [-0.3, -0.25) is 14.4 Å². The van der Waals surface area contributed by atoms with Crippen LogP contribution in [0.1, 0.15) is 29.6 Å². The molecule has 0 bridgehead atoms. The van der Waals surface area contributed by atoms with Crippen LogP contribution < -0.4 is 10.6 Å². The van der Waals surface area contributed by atoms with Crippen LogP contribution in [0.3, 0.4) is 0 Å². The Bertz CT molecular complexity index is 734. The Morgan fingerprint density at radius 1 is 1.30 bits per heavy atom. The summed E-state index contributed by atoms with van der Waals surface area (Å²) in [6.07, 6.45) is -3.93. The third kappa shape index (κ3) is 6.43. The van der Waals surface area contributed by atoms with Gasteiger partial charge < -0.3 is 15.5 Å². The molecular weight excluding hydrogens is 363 g/mol. The van der Waals surface area contributed by atoms with Gasteiger partial charge in [0, 0.05) is 30.4 Å². The number of benzene rings is 1. The molecule has 0 saturated carbocycles. The van der Waals surface area contributed by atoms with Crippen LogP contribution in [-0.4, -0.2) is 47.9 Å². The maximum atomic E-state index is 12.7. The molecule has 2 rings (SSSR count). The molecular formula is C18H20F3N3O3. The molecule has 1 aliphatic heterocycles. The van der Waals surface area contributed by atoms with Crippen LogP contribution in [0.2, 0.25) is 0 Å². The van der Waals surface area contributed by atoms with Crippen molar-refractivity contribution in [2.24, 2.45) is 0 Å². The Kier molecular flexibility index (Phi) is 6.59. The van der Waals surface area contributed by atoms with Gasteiger partial charge in [0.2, 0.25) is 11.8 Å². The minimum atomic E-state index is -4.56. The van der Waals surface area contributed by atoms with Crippen molar-refractivity contribution in [2.75, 3.05) is 18.4 Å². The lowest BCUT2D eigenvalue weighted by molar-refractivity contribution is -0.154. The number of carbonyl (C=O) groups is 3. The lowest BCUT2D eigenvalue weighted by Crippen LogP contribution is -2.50. The second-order valence-corrected chi connectivity index (χ2v) is 6.22. The number of likely N-dealkylation sites (tertiary alicyclic amines) is 1. The van der Waals surface area contributed by atoms with Crippen molar-refractivity contribution < 1.29 is 27.6 Å². The van der Waals surface area contributed by atoms with E-state index in [9.17, 15) is 27.6 Å². The molecule has 0 spiro atoms. The summed E-state index contributed by atoms with van der Waals surface area (Å²) < 4.78 is 36.8. The van der Waals surface area contributed by atoms with Gasteiger partial charge in [0.05, 0.1) is 0 Å². The fourth-order valence-corrected chi connectivity index (χ4v) is 2.85. The van der Waals surface area contributed by atoms with Gasteiger partial charge in [-0.15, -0.1) is 0 Å². The van der Waals surface area contributed by atoms with Crippen molar-refractivity contribution in [3.8, 4) is 0 Å². The minimum absolute atomic E-state index is 0.131. The molecule has 146 valence electrons. The molecule has 0 aromatic heterocycles. The fourth-order valence-electron chi connectivity index (χ4n) is 2.85. The quantitative estimate of drug-likeness (QED) is 0.767. The number of carbonyl (C=O) groups excluding carboxylic acids is 3. The molecule has 1 atom stereocenters. The summed E-state index contributed by atoms with van der Waals surface area (Å²) in [5.74, 6) is -1.83. The van der Waals surface area contributed by atoms with Crippen LogP contribution in [0.5, 0.6) is 0 Å². The number of nitrogens with one attached hydrogen (secondary N) is 2. The zero-order chi connectivity index (χ0) is 20.0. The van der Waals surface area contributed by atoms with E-state index in [2.05, 4.69) is 17.2 Å². The second-order valence-electron chi connectivity index (χ2n) is 6.22. The zero-order valence-corrected chi connectivity index (χ0v) is 14.5. The Hall–Kier alpha value is -2.84. The molecule has 9 heteroatoms. The van der Waals surface area contributed by atoms with Gasteiger partial charge in [-0.05, 0) is 37.1 Å². The molecule has 1 heterocycles. The number of alkyl halides is 3. The average molecular weight is 383 g/mol. The summed E-state index contributed by atoms with van der Waals surface area (Å²) in [5, 5.41) is 4.89. The smallest absolute Gasteiger partial charge is 0.351 e. The van der Waals surface area contributed by atoms with E-state index in [1.807, 2.05) is 0 Å². The van der Waals surface area contributed by atoms with Crippen LogP contribution in [0.15, 0.2) is 36.9 Å². The maximum Gasteiger partial charge on any atom is 0.397 e. The number of halogens is 3. The molecule has 1 saturated heterocycles. The van der Waals surface area contributed by atoms with Gasteiger partial charge in [-0.1, -0.05) is 12.6 Å². The third-order valence-corrected chi connectivity index (χ3v) is 4.00. The number of hydrogen-bond acceptors (Lipinski definition) is 3. The minimum Gasteiger partial charge on any atom is -0.351 e. The van der Waals surface area contributed by atoms with Gasteiger partial charge in [0.15, 0.2) is 0 Å². The monoisotopic (exact) mass is 383 g/mol. The first kappa shape index (κ1) is 20.5. The molecule has 1 fully saturated rings. The van der Waals surface area contributed by atoms with E-state index in [1.165, 1.54) is 11.0 Å². The van der Waals surface area contributed by atoms with E-state index < -0.39 is 30.5 Å². The largest absolute Gasteiger partial charge is 0.397 e. The van der Waals surface area contributed by atoms with Gasteiger partial charge in [0.1, 0.15) is 6.42 Å². The van der Waals surface area contributed by atoms with E-state index in [1.54, 1.807) is 18.2 Å². The second kappa shape index (κ2) is 8.70. The van der Waals surface area contributed by atoms with Gasteiger partial charge in [0.25, 0.3) is 5.91 Å². The van der Waals surface area contributed by atoms with Crippen molar-refractivity contribution in [2.45, 2.75) is 31.5 Å². The maximum absolute atomic E-state index is 12.7.